The Hall–Kier alpha value is -1.35. The second-order valence-corrected chi connectivity index (χ2v) is 3.75. The Morgan fingerprint density at radius 3 is 2.93 bits per heavy atom. The second kappa shape index (κ2) is 4.03. The van der Waals surface area contributed by atoms with Crippen molar-refractivity contribution in [2.45, 2.75) is 26.8 Å². The Morgan fingerprint density at radius 1 is 1.47 bits per heavy atom. The van der Waals surface area contributed by atoms with E-state index in [2.05, 4.69) is 46.9 Å². The molecule has 3 heteroatoms. The van der Waals surface area contributed by atoms with Crippen LogP contribution >= 0.6 is 0 Å². The van der Waals surface area contributed by atoms with E-state index in [9.17, 15) is 0 Å². The van der Waals surface area contributed by atoms with E-state index in [-0.39, 0.29) is 0 Å². The summed E-state index contributed by atoms with van der Waals surface area (Å²) in [6.07, 6.45) is 3.07. The summed E-state index contributed by atoms with van der Waals surface area (Å²) in [5.41, 5.74) is 4.79. The molecule has 3 nitrogen and oxygen atoms in total. The zero-order valence-electron chi connectivity index (χ0n) is 9.54. The number of hydrogen-bond acceptors (Lipinski definition) is 2. The normalized spacial score (nSPS) is 11.1. The lowest BCUT2D eigenvalue weighted by atomic mass is 10.2. The van der Waals surface area contributed by atoms with Crippen LogP contribution in [0.5, 0.6) is 0 Å². The quantitative estimate of drug-likeness (QED) is 0.826. The molecule has 1 N–H and O–H groups in total. The van der Waals surface area contributed by atoms with E-state index < -0.39 is 0 Å². The third-order valence-electron chi connectivity index (χ3n) is 2.77. The monoisotopic (exact) mass is 203 g/mol. The van der Waals surface area contributed by atoms with Crippen molar-refractivity contribution in [2.75, 3.05) is 7.05 Å². The lowest BCUT2D eigenvalue weighted by Gasteiger charge is -2.02. The van der Waals surface area contributed by atoms with Crippen LogP contribution in [0.15, 0.2) is 18.3 Å². The van der Waals surface area contributed by atoms with Gasteiger partial charge in [0, 0.05) is 24.0 Å². The van der Waals surface area contributed by atoms with Crippen LogP contribution in [0.25, 0.3) is 5.65 Å². The number of pyridine rings is 1. The highest BCUT2D eigenvalue weighted by Crippen LogP contribution is 2.15. The number of hydrogen-bond donors (Lipinski definition) is 1. The molecule has 15 heavy (non-hydrogen) atoms. The number of imidazole rings is 1. The van der Waals surface area contributed by atoms with Gasteiger partial charge in [0.05, 0.1) is 5.69 Å². The number of rotatable bonds is 3. The van der Waals surface area contributed by atoms with E-state index in [0.29, 0.717) is 0 Å². The van der Waals surface area contributed by atoms with Crippen molar-refractivity contribution in [1.82, 2.24) is 14.7 Å². The van der Waals surface area contributed by atoms with E-state index >= 15 is 0 Å². The fourth-order valence-electron chi connectivity index (χ4n) is 1.95. The Balaban J connectivity index is 2.65. The summed E-state index contributed by atoms with van der Waals surface area (Å²) in [4.78, 5) is 4.67. The van der Waals surface area contributed by atoms with Crippen molar-refractivity contribution in [3.05, 3.63) is 35.3 Å². The molecule has 0 atom stereocenters. The minimum absolute atomic E-state index is 0.865. The fraction of sp³-hybridized carbons (Fsp3) is 0.417. The van der Waals surface area contributed by atoms with Gasteiger partial charge in [-0.25, -0.2) is 4.98 Å². The summed E-state index contributed by atoms with van der Waals surface area (Å²) in [6.45, 7) is 5.14. The van der Waals surface area contributed by atoms with Gasteiger partial charge in [0.25, 0.3) is 0 Å². The molecule has 0 aliphatic rings. The van der Waals surface area contributed by atoms with Crippen LogP contribution in [-0.4, -0.2) is 16.4 Å². The highest BCUT2D eigenvalue weighted by Gasteiger charge is 2.08. The number of fused-ring (bicyclic) bond motifs is 1. The first kappa shape index (κ1) is 10.2. The van der Waals surface area contributed by atoms with Gasteiger partial charge < -0.3 is 9.72 Å². The molecule has 0 saturated carbocycles. The van der Waals surface area contributed by atoms with E-state index in [1.165, 1.54) is 17.0 Å². The van der Waals surface area contributed by atoms with Gasteiger partial charge in [-0.1, -0.05) is 13.0 Å². The molecule has 0 aromatic carbocycles. The third-order valence-corrected chi connectivity index (χ3v) is 2.77. The maximum absolute atomic E-state index is 4.67. The first-order chi connectivity index (χ1) is 7.27. The first-order valence-electron chi connectivity index (χ1n) is 5.38. The fourth-order valence-corrected chi connectivity index (χ4v) is 1.95. The highest BCUT2D eigenvalue weighted by molar-refractivity contribution is 5.50. The molecule has 0 bridgehead atoms. The molecule has 80 valence electrons. The van der Waals surface area contributed by atoms with Crippen molar-refractivity contribution < 1.29 is 0 Å². The minimum atomic E-state index is 0.865. The Morgan fingerprint density at radius 2 is 2.27 bits per heavy atom. The first-order valence-corrected chi connectivity index (χ1v) is 5.38. The molecule has 0 aliphatic heterocycles. The predicted octanol–water partition coefficient (Wildman–Crippen LogP) is 1.92. The molecule has 0 saturated heterocycles. The molecular weight excluding hydrogens is 186 g/mol. The van der Waals surface area contributed by atoms with E-state index in [1.54, 1.807) is 0 Å². The van der Waals surface area contributed by atoms with Crippen LogP contribution in [0.2, 0.25) is 0 Å². The van der Waals surface area contributed by atoms with Crippen molar-refractivity contribution >= 4 is 5.65 Å². The lowest BCUT2D eigenvalue weighted by Crippen LogP contribution is -2.06. The van der Waals surface area contributed by atoms with Gasteiger partial charge in [0.15, 0.2) is 0 Å². The van der Waals surface area contributed by atoms with Crippen molar-refractivity contribution in [3.63, 3.8) is 0 Å². The average molecular weight is 203 g/mol. The Kier molecular flexibility index (Phi) is 2.73. The van der Waals surface area contributed by atoms with Crippen LogP contribution in [0.1, 0.15) is 23.9 Å². The topological polar surface area (TPSA) is 29.3 Å². The Bertz CT molecular complexity index is 471. The standard InChI is InChI=1S/C12H17N3/c1-4-11-9(2)15-7-5-6-10(8-13-3)12(15)14-11/h5-7,13H,4,8H2,1-3H3. The average Bonchev–Trinajstić information content (AvgIpc) is 2.58. The maximum atomic E-state index is 4.67. The minimum Gasteiger partial charge on any atom is -0.316 e. The third kappa shape index (κ3) is 1.63. The number of nitrogens with zero attached hydrogens (tertiary/aromatic N) is 2. The van der Waals surface area contributed by atoms with Crippen LogP contribution in [0.4, 0.5) is 0 Å². The molecule has 0 amide bonds. The summed E-state index contributed by atoms with van der Waals surface area (Å²) in [5, 5.41) is 3.17. The largest absolute Gasteiger partial charge is 0.316 e. The molecular formula is C12H17N3. The van der Waals surface area contributed by atoms with Crippen LogP contribution in [0.3, 0.4) is 0 Å². The molecule has 2 heterocycles. The maximum Gasteiger partial charge on any atom is 0.141 e. The van der Waals surface area contributed by atoms with Gasteiger partial charge in [0.1, 0.15) is 5.65 Å². The lowest BCUT2D eigenvalue weighted by molar-refractivity contribution is 0.816. The number of nitrogens with one attached hydrogen (secondary N) is 1. The SMILES string of the molecule is CCc1nc2c(CNC)cccn2c1C. The van der Waals surface area contributed by atoms with Crippen LogP contribution in [-0.2, 0) is 13.0 Å². The van der Waals surface area contributed by atoms with Crippen LogP contribution < -0.4 is 5.32 Å². The zero-order valence-corrected chi connectivity index (χ0v) is 9.54. The van der Waals surface area contributed by atoms with E-state index in [0.717, 1.165) is 18.6 Å². The zero-order chi connectivity index (χ0) is 10.8. The van der Waals surface area contributed by atoms with Crippen LogP contribution in [0, 0.1) is 6.92 Å². The molecule has 2 aromatic heterocycles. The van der Waals surface area contributed by atoms with Crippen molar-refractivity contribution in [1.29, 1.82) is 0 Å². The van der Waals surface area contributed by atoms with E-state index in [4.69, 9.17) is 0 Å². The molecule has 0 spiro atoms. The summed E-state index contributed by atoms with van der Waals surface area (Å²) in [5.74, 6) is 0. The van der Waals surface area contributed by atoms with Gasteiger partial charge in [0.2, 0.25) is 0 Å². The summed E-state index contributed by atoms with van der Waals surface area (Å²) in [6, 6.07) is 4.20. The molecule has 0 fully saturated rings. The number of aromatic nitrogens is 2. The summed E-state index contributed by atoms with van der Waals surface area (Å²) >= 11 is 0. The van der Waals surface area contributed by atoms with E-state index in [1.807, 2.05) is 7.05 Å². The Labute approximate surface area is 90.1 Å². The second-order valence-electron chi connectivity index (χ2n) is 3.75. The van der Waals surface area contributed by atoms with Gasteiger partial charge in [-0.2, -0.15) is 0 Å². The molecule has 0 aliphatic carbocycles. The summed E-state index contributed by atoms with van der Waals surface area (Å²) in [7, 11) is 1.96. The predicted molar refractivity (Wildman–Crippen MR) is 62.1 cm³/mol. The van der Waals surface area contributed by atoms with Gasteiger partial charge in [-0.15, -0.1) is 0 Å². The van der Waals surface area contributed by atoms with Crippen molar-refractivity contribution in [2.24, 2.45) is 0 Å². The van der Waals surface area contributed by atoms with Crippen molar-refractivity contribution in [3.8, 4) is 0 Å². The highest BCUT2D eigenvalue weighted by atomic mass is 15.0. The molecule has 0 radical (unpaired) electrons. The summed E-state index contributed by atoms with van der Waals surface area (Å²) < 4.78 is 2.17. The van der Waals surface area contributed by atoms with Gasteiger partial charge >= 0.3 is 0 Å². The smallest absolute Gasteiger partial charge is 0.141 e. The van der Waals surface area contributed by atoms with Gasteiger partial charge in [-0.05, 0) is 26.5 Å². The molecule has 2 rings (SSSR count). The number of aryl methyl sites for hydroxylation is 2. The molecule has 0 unspecified atom stereocenters. The molecule has 2 aromatic rings. The van der Waals surface area contributed by atoms with Gasteiger partial charge in [-0.3, -0.25) is 0 Å².